The van der Waals surface area contributed by atoms with Crippen molar-refractivity contribution in [2.75, 3.05) is 39.8 Å². The van der Waals surface area contributed by atoms with Crippen molar-refractivity contribution in [3.05, 3.63) is 48.0 Å². The highest BCUT2D eigenvalue weighted by molar-refractivity contribution is 7.67. The first-order chi connectivity index (χ1) is 13.7. The van der Waals surface area contributed by atoms with Crippen molar-refractivity contribution in [2.24, 2.45) is 5.92 Å². The van der Waals surface area contributed by atoms with E-state index in [2.05, 4.69) is 13.8 Å². The minimum Gasteiger partial charge on any atom is -0.497 e. The fourth-order valence-corrected chi connectivity index (χ4v) is 4.98. The lowest BCUT2D eigenvalue weighted by atomic mass is 10.2. The zero-order valence-electron chi connectivity index (χ0n) is 18.1. The van der Waals surface area contributed by atoms with Crippen LogP contribution in [0.2, 0.25) is 0 Å². The maximum Gasteiger partial charge on any atom is 0.264 e. The van der Waals surface area contributed by atoms with Crippen molar-refractivity contribution >= 4 is 18.4 Å². The molecule has 0 aliphatic heterocycles. The van der Waals surface area contributed by atoms with Crippen LogP contribution in [0.15, 0.2) is 42.5 Å². The van der Waals surface area contributed by atoms with Crippen LogP contribution in [0.5, 0.6) is 11.5 Å². The second-order valence-corrected chi connectivity index (χ2v) is 9.96. The Balaban J connectivity index is 2.47. The molecule has 2 aromatic carbocycles. The lowest BCUT2D eigenvalue weighted by Crippen LogP contribution is -2.17. The molecule has 0 fully saturated rings. The summed E-state index contributed by atoms with van der Waals surface area (Å²) in [6, 6.07) is 12.3. The first-order valence-corrected chi connectivity index (χ1v) is 11.3. The molecule has 6 nitrogen and oxygen atoms in total. The largest absolute Gasteiger partial charge is 0.497 e. The van der Waals surface area contributed by atoms with Crippen LogP contribution in [0.1, 0.15) is 31.7 Å². The van der Waals surface area contributed by atoms with Gasteiger partial charge in [-0.1, -0.05) is 13.8 Å². The molecule has 0 bridgehead atoms. The number of hydrogen-bond donors (Lipinski definition) is 1. The maximum absolute atomic E-state index is 14.0. The van der Waals surface area contributed by atoms with Crippen LogP contribution in [0.4, 0.5) is 5.69 Å². The highest BCUT2D eigenvalue weighted by Gasteiger charge is 2.38. The van der Waals surface area contributed by atoms with Gasteiger partial charge < -0.3 is 24.0 Å². The van der Waals surface area contributed by atoms with Crippen molar-refractivity contribution in [2.45, 2.75) is 26.1 Å². The first-order valence-electron chi connectivity index (χ1n) is 9.65. The number of anilines is 1. The van der Waals surface area contributed by atoms with Crippen molar-refractivity contribution in [1.29, 1.82) is 0 Å². The molecular weight excluding hydrogens is 389 g/mol. The van der Waals surface area contributed by atoms with E-state index >= 15 is 0 Å². The molecule has 2 atom stereocenters. The van der Waals surface area contributed by atoms with Gasteiger partial charge in [0, 0.05) is 36.7 Å². The van der Waals surface area contributed by atoms with Crippen LogP contribution >= 0.6 is 7.37 Å². The summed E-state index contributed by atoms with van der Waals surface area (Å²) in [5, 5.41) is 11.7. The second-order valence-electron chi connectivity index (χ2n) is 7.51. The van der Waals surface area contributed by atoms with E-state index in [9.17, 15) is 9.67 Å². The summed E-state index contributed by atoms with van der Waals surface area (Å²) in [5.74, 6) is 0.0195. The van der Waals surface area contributed by atoms with E-state index in [1.807, 2.05) is 31.1 Å². The molecule has 0 aliphatic rings. The average Bonchev–Trinajstić information content (AvgIpc) is 2.72. The van der Waals surface area contributed by atoms with E-state index in [0.717, 1.165) is 12.1 Å². The SMILES string of the molecule is COc1ccc([C@@H](O)[P@@](=O)(OCCC(C)C)c2ccc(N(C)C)cc2)c(OC)c1. The van der Waals surface area contributed by atoms with Gasteiger partial charge in [-0.25, -0.2) is 0 Å². The third-order valence-electron chi connectivity index (χ3n) is 4.75. The van der Waals surface area contributed by atoms with Crippen molar-refractivity contribution < 1.29 is 23.7 Å². The van der Waals surface area contributed by atoms with E-state index in [1.165, 1.54) is 7.11 Å². The third-order valence-corrected chi connectivity index (χ3v) is 7.25. The van der Waals surface area contributed by atoms with Crippen molar-refractivity contribution in [1.82, 2.24) is 0 Å². The number of ether oxygens (including phenoxy) is 2. The van der Waals surface area contributed by atoms with Gasteiger partial charge in [0.1, 0.15) is 11.5 Å². The number of nitrogens with zero attached hydrogens (tertiary/aromatic N) is 1. The van der Waals surface area contributed by atoms with Crippen LogP contribution < -0.4 is 19.7 Å². The molecule has 0 heterocycles. The number of methoxy groups -OCH3 is 2. The summed E-state index contributed by atoms with van der Waals surface area (Å²) >= 11 is 0. The van der Waals surface area contributed by atoms with Crippen LogP contribution in [-0.2, 0) is 9.09 Å². The summed E-state index contributed by atoms with van der Waals surface area (Å²) in [4.78, 5) is 1.96. The second kappa shape index (κ2) is 10.1. The standard InChI is InChI=1S/C22H32NO5P/c1-16(2)13-14-28-29(25,19-10-7-17(8-11-19)23(3)4)22(24)20-12-9-18(26-5)15-21(20)27-6/h7-12,15-16,22,24H,13-14H2,1-6H3/t22-,29-/m0/s1. The minimum atomic E-state index is -3.64. The Bertz CT molecular complexity index is 836. The predicted molar refractivity (Wildman–Crippen MR) is 118 cm³/mol. The maximum atomic E-state index is 14.0. The van der Waals surface area contributed by atoms with Gasteiger partial charge in [-0.15, -0.1) is 0 Å². The monoisotopic (exact) mass is 421 g/mol. The molecule has 0 amide bonds. The lowest BCUT2D eigenvalue weighted by molar-refractivity contribution is 0.205. The molecule has 0 spiro atoms. The van der Waals surface area contributed by atoms with Gasteiger partial charge in [0.05, 0.1) is 20.8 Å². The highest BCUT2D eigenvalue weighted by Crippen LogP contribution is 2.59. The van der Waals surface area contributed by atoms with Crippen molar-refractivity contribution in [3.63, 3.8) is 0 Å². The Morgan fingerprint density at radius 3 is 2.21 bits per heavy atom. The van der Waals surface area contributed by atoms with E-state index in [0.29, 0.717) is 34.9 Å². The number of hydrogen-bond acceptors (Lipinski definition) is 6. The summed E-state index contributed by atoms with van der Waals surface area (Å²) in [7, 11) is 3.29. The molecular formula is C22H32NO5P. The number of aliphatic hydroxyl groups excluding tert-OH is 1. The number of rotatable bonds is 10. The van der Waals surface area contributed by atoms with Gasteiger partial charge in [0.15, 0.2) is 5.85 Å². The highest BCUT2D eigenvalue weighted by atomic mass is 31.2. The van der Waals surface area contributed by atoms with Gasteiger partial charge >= 0.3 is 0 Å². The molecule has 160 valence electrons. The van der Waals surface area contributed by atoms with E-state index in [1.54, 1.807) is 37.4 Å². The predicted octanol–water partition coefficient (Wildman–Crippen LogP) is 4.43. The molecule has 0 saturated heterocycles. The fraction of sp³-hybridized carbons (Fsp3) is 0.455. The van der Waals surface area contributed by atoms with Crippen LogP contribution in [-0.4, -0.2) is 40.0 Å². The molecule has 2 rings (SSSR count). The molecule has 0 aliphatic carbocycles. The van der Waals surface area contributed by atoms with Gasteiger partial charge in [0.2, 0.25) is 0 Å². The Morgan fingerprint density at radius 2 is 1.69 bits per heavy atom. The lowest BCUT2D eigenvalue weighted by Gasteiger charge is -2.26. The van der Waals surface area contributed by atoms with E-state index < -0.39 is 13.2 Å². The number of aliphatic hydroxyl groups is 1. The first kappa shape index (κ1) is 23.3. The molecule has 0 unspecified atom stereocenters. The van der Waals surface area contributed by atoms with Crippen LogP contribution in [0, 0.1) is 5.92 Å². The quantitative estimate of drug-likeness (QED) is 0.573. The van der Waals surface area contributed by atoms with Crippen LogP contribution in [0.25, 0.3) is 0 Å². The zero-order chi connectivity index (χ0) is 21.6. The summed E-state index contributed by atoms with van der Waals surface area (Å²) in [6.45, 7) is 4.44. The van der Waals surface area contributed by atoms with Gasteiger partial charge in [-0.3, -0.25) is 4.57 Å². The average molecular weight is 421 g/mol. The zero-order valence-corrected chi connectivity index (χ0v) is 19.0. The van der Waals surface area contributed by atoms with Gasteiger partial charge in [-0.05, 0) is 48.7 Å². The minimum absolute atomic E-state index is 0.292. The molecule has 1 N–H and O–H groups in total. The summed E-state index contributed by atoms with van der Waals surface area (Å²) in [6.07, 6.45) is 0.742. The van der Waals surface area contributed by atoms with E-state index in [4.69, 9.17) is 14.0 Å². The normalized spacial score (nSPS) is 14.3. The molecule has 7 heteroatoms. The Morgan fingerprint density at radius 1 is 1.03 bits per heavy atom. The summed E-state index contributed by atoms with van der Waals surface area (Å²) < 4.78 is 30.6. The van der Waals surface area contributed by atoms with E-state index in [-0.39, 0.29) is 0 Å². The molecule has 2 aromatic rings. The van der Waals surface area contributed by atoms with Gasteiger partial charge in [0.25, 0.3) is 7.37 Å². The molecule has 29 heavy (non-hydrogen) atoms. The smallest absolute Gasteiger partial charge is 0.264 e. The molecule has 0 aromatic heterocycles. The molecule has 0 saturated carbocycles. The molecule has 0 radical (unpaired) electrons. The Hall–Kier alpha value is -2.01. The third kappa shape index (κ3) is 5.53. The Kier molecular flexibility index (Phi) is 8.14. The summed E-state index contributed by atoms with van der Waals surface area (Å²) in [5.41, 5.74) is 1.37. The Labute approximate surface area is 173 Å². The van der Waals surface area contributed by atoms with Gasteiger partial charge in [-0.2, -0.15) is 0 Å². The number of benzene rings is 2. The van der Waals surface area contributed by atoms with Crippen molar-refractivity contribution in [3.8, 4) is 11.5 Å². The van der Waals surface area contributed by atoms with Crippen LogP contribution in [0.3, 0.4) is 0 Å². The topological polar surface area (TPSA) is 68.2 Å². The fourth-order valence-electron chi connectivity index (χ4n) is 2.88.